The molecule has 0 N–H and O–H groups in total. The number of hydrogen-bond donors (Lipinski definition) is 0. The molecule has 0 amide bonds. The summed E-state index contributed by atoms with van der Waals surface area (Å²) in [5.41, 5.74) is 2.71. The lowest BCUT2D eigenvalue weighted by molar-refractivity contribution is 0.303. The van der Waals surface area contributed by atoms with E-state index in [4.69, 9.17) is 4.42 Å². The maximum Gasteiger partial charge on any atom is 0.278 e. The molecule has 0 unspecified atom stereocenters. The standard InChI is InChI=1S/C15H18N6O3S/c1-10-7-13-17-9-18-21(13)19-15(10)12-3-5-20(6-4-12)25(22,23)14-8-16-11(2)24-14/h7-9,12H,3-6H2,1-2H3. The van der Waals surface area contributed by atoms with E-state index < -0.39 is 10.0 Å². The van der Waals surface area contributed by atoms with Crippen LogP contribution in [0, 0.1) is 13.8 Å². The number of aryl methyl sites for hydroxylation is 2. The first-order valence-corrected chi connectivity index (χ1v) is 9.49. The normalized spacial score (nSPS) is 17.4. The van der Waals surface area contributed by atoms with Gasteiger partial charge in [-0.25, -0.2) is 18.4 Å². The van der Waals surface area contributed by atoms with E-state index in [0.717, 1.165) is 11.3 Å². The molecular weight excluding hydrogens is 344 g/mol. The van der Waals surface area contributed by atoms with Crippen LogP contribution in [0.3, 0.4) is 0 Å². The summed E-state index contributed by atoms with van der Waals surface area (Å²) >= 11 is 0. The number of aromatic nitrogens is 5. The highest BCUT2D eigenvalue weighted by Crippen LogP contribution is 2.31. The molecule has 0 saturated carbocycles. The molecule has 0 radical (unpaired) electrons. The number of oxazole rings is 1. The lowest BCUT2D eigenvalue weighted by Gasteiger charge is -2.30. The van der Waals surface area contributed by atoms with Crippen LogP contribution in [0.5, 0.6) is 0 Å². The van der Waals surface area contributed by atoms with Crippen molar-refractivity contribution >= 4 is 15.7 Å². The van der Waals surface area contributed by atoms with E-state index in [0.29, 0.717) is 37.5 Å². The third-order valence-corrected chi connectivity index (χ3v) is 6.29. The van der Waals surface area contributed by atoms with Gasteiger partial charge >= 0.3 is 0 Å². The monoisotopic (exact) mass is 362 g/mol. The van der Waals surface area contributed by atoms with E-state index in [1.807, 2.05) is 13.0 Å². The fourth-order valence-corrected chi connectivity index (χ4v) is 4.58. The van der Waals surface area contributed by atoms with Crippen molar-refractivity contribution in [2.45, 2.75) is 37.7 Å². The summed E-state index contributed by atoms with van der Waals surface area (Å²) in [5.74, 6) is 0.533. The lowest BCUT2D eigenvalue weighted by atomic mass is 9.92. The first-order valence-electron chi connectivity index (χ1n) is 8.05. The smallest absolute Gasteiger partial charge is 0.278 e. The molecule has 0 aromatic carbocycles. The van der Waals surface area contributed by atoms with Crippen LogP contribution in [0.2, 0.25) is 0 Å². The highest BCUT2D eigenvalue weighted by Gasteiger charge is 2.33. The summed E-state index contributed by atoms with van der Waals surface area (Å²) in [7, 11) is -3.63. The third kappa shape index (κ3) is 2.81. The van der Waals surface area contributed by atoms with Crippen LogP contribution >= 0.6 is 0 Å². The Bertz CT molecular complexity index is 1020. The van der Waals surface area contributed by atoms with Crippen LogP contribution in [0.4, 0.5) is 0 Å². The summed E-state index contributed by atoms with van der Waals surface area (Å²) < 4.78 is 33.4. The Balaban J connectivity index is 1.53. The van der Waals surface area contributed by atoms with Gasteiger partial charge in [-0.05, 0) is 31.4 Å². The van der Waals surface area contributed by atoms with Gasteiger partial charge in [-0.1, -0.05) is 0 Å². The van der Waals surface area contributed by atoms with E-state index in [2.05, 4.69) is 20.2 Å². The van der Waals surface area contributed by atoms with Crippen LogP contribution in [0.15, 0.2) is 28.1 Å². The molecule has 0 bridgehead atoms. The van der Waals surface area contributed by atoms with E-state index >= 15 is 0 Å². The Morgan fingerprint density at radius 3 is 2.64 bits per heavy atom. The lowest BCUT2D eigenvalue weighted by Crippen LogP contribution is -2.38. The maximum absolute atomic E-state index is 12.6. The molecule has 132 valence electrons. The van der Waals surface area contributed by atoms with E-state index in [9.17, 15) is 8.42 Å². The minimum atomic E-state index is -3.63. The molecule has 4 rings (SSSR count). The van der Waals surface area contributed by atoms with Crippen molar-refractivity contribution in [3.8, 4) is 0 Å². The predicted octanol–water partition coefficient (Wildman–Crippen LogP) is 1.30. The van der Waals surface area contributed by atoms with Crippen LogP contribution in [-0.2, 0) is 10.0 Å². The summed E-state index contributed by atoms with van der Waals surface area (Å²) in [6.07, 6.45) is 4.13. The van der Waals surface area contributed by atoms with Gasteiger partial charge in [0.2, 0.25) is 0 Å². The number of piperidine rings is 1. The largest absolute Gasteiger partial charge is 0.428 e. The van der Waals surface area contributed by atoms with E-state index in [-0.39, 0.29) is 11.0 Å². The fraction of sp³-hybridized carbons (Fsp3) is 0.467. The van der Waals surface area contributed by atoms with Crippen molar-refractivity contribution < 1.29 is 12.8 Å². The van der Waals surface area contributed by atoms with Gasteiger partial charge in [0.1, 0.15) is 6.33 Å². The molecule has 1 saturated heterocycles. The summed E-state index contributed by atoms with van der Waals surface area (Å²) in [6, 6.07) is 1.95. The van der Waals surface area contributed by atoms with E-state index in [1.165, 1.54) is 21.5 Å². The molecule has 0 spiro atoms. The SMILES string of the molecule is Cc1ncc(S(=O)(=O)N2CCC(c3nn4ncnc4cc3C)CC2)o1. The van der Waals surface area contributed by atoms with Crippen LogP contribution in [0.25, 0.3) is 5.65 Å². The van der Waals surface area contributed by atoms with Crippen LogP contribution < -0.4 is 0 Å². The number of sulfonamides is 1. The number of hydrogen-bond acceptors (Lipinski definition) is 7. The second kappa shape index (κ2) is 5.88. The topological polar surface area (TPSA) is 106 Å². The van der Waals surface area contributed by atoms with Crippen molar-refractivity contribution in [2.24, 2.45) is 0 Å². The first-order chi connectivity index (χ1) is 11.9. The van der Waals surface area contributed by atoms with Gasteiger partial charge < -0.3 is 4.42 Å². The van der Waals surface area contributed by atoms with Gasteiger partial charge in [0.25, 0.3) is 15.1 Å². The van der Waals surface area contributed by atoms with E-state index in [1.54, 1.807) is 6.92 Å². The first kappa shape index (κ1) is 16.2. The average Bonchev–Trinajstić information content (AvgIpc) is 3.23. The molecule has 0 aliphatic carbocycles. The van der Waals surface area contributed by atoms with Gasteiger partial charge in [-0.3, -0.25) is 0 Å². The van der Waals surface area contributed by atoms with Crippen molar-refractivity contribution in [3.63, 3.8) is 0 Å². The van der Waals surface area contributed by atoms with Crippen molar-refractivity contribution in [3.05, 3.63) is 35.7 Å². The highest BCUT2D eigenvalue weighted by atomic mass is 32.2. The molecule has 1 fully saturated rings. The minimum absolute atomic E-state index is 0.0956. The number of nitrogens with zero attached hydrogens (tertiary/aromatic N) is 6. The zero-order valence-corrected chi connectivity index (χ0v) is 14.8. The Morgan fingerprint density at radius 1 is 1.20 bits per heavy atom. The Morgan fingerprint density at radius 2 is 1.96 bits per heavy atom. The molecule has 25 heavy (non-hydrogen) atoms. The zero-order valence-electron chi connectivity index (χ0n) is 14.0. The molecule has 3 aromatic heterocycles. The van der Waals surface area contributed by atoms with Crippen LogP contribution in [-0.4, -0.2) is 50.6 Å². The molecule has 1 aliphatic heterocycles. The summed E-state index contributed by atoms with van der Waals surface area (Å²) in [6.45, 7) is 4.46. The quantitative estimate of drug-likeness (QED) is 0.691. The number of rotatable bonds is 3. The Kier molecular flexibility index (Phi) is 3.80. The second-order valence-electron chi connectivity index (χ2n) is 6.20. The predicted molar refractivity (Wildman–Crippen MR) is 87.5 cm³/mol. The van der Waals surface area contributed by atoms with Gasteiger partial charge in [0.05, 0.1) is 11.9 Å². The van der Waals surface area contributed by atoms with Gasteiger partial charge in [-0.15, -0.1) is 9.73 Å². The Labute approximate surface area is 144 Å². The summed E-state index contributed by atoms with van der Waals surface area (Å²) in [4.78, 5) is 8.01. The fourth-order valence-electron chi connectivity index (χ4n) is 3.23. The van der Waals surface area contributed by atoms with Crippen molar-refractivity contribution in [1.29, 1.82) is 0 Å². The van der Waals surface area contributed by atoms with Crippen molar-refractivity contribution in [1.82, 2.24) is 29.1 Å². The number of fused-ring (bicyclic) bond motifs is 1. The third-order valence-electron chi connectivity index (χ3n) is 4.54. The summed E-state index contributed by atoms with van der Waals surface area (Å²) in [5, 5.41) is 8.54. The molecule has 0 atom stereocenters. The molecule has 3 aromatic rings. The zero-order chi connectivity index (χ0) is 17.6. The molecular formula is C15H18N6O3S. The maximum atomic E-state index is 12.6. The molecule has 4 heterocycles. The van der Waals surface area contributed by atoms with Gasteiger partial charge in [0.15, 0.2) is 11.5 Å². The van der Waals surface area contributed by atoms with Gasteiger partial charge in [-0.2, -0.15) is 9.40 Å². The average molecular weight is 362 g/mol. The molecule has 10 heteroatoms. The molecule has 9 nitrogen and oxygen atoms in total. The second-order valence-corrected chi connectivity index (χ2v) is 8.07. The Hall–Kier alpha value is -2.33. The minimum Gasteiger partial charge on any atom is -0.428 e. The van der Waals surface area contributed by atoms with Gasteiger partial charge in [0, 0.05) is 25.9 Å². The molecule has 1 aliphatic rings. The van der Waals surface area contributed by atoms with Crippen molar-refractivity contribution in [2.75, 3.05) is 13.1 Å². The highest BCUT2D eigenvalue weighted by molar-refractivity contribution is 7.89. The van der Waals surface area contributed by atoms with Crippen LogP contribution in [0.1, 0.15) is 35.9 Å².